The van der Waals surface area contributed by atoms with Gasteiger partial charge in [-0.3, -0.25) is 4.79 Å². The van der Waals surface area contributed by atoms with Crippen LogP contribution >= 0.6 is 0 Å². The van der Waals surface area contributed by atoms with Crippen LogP contribution in [0.4, 0.5) is 5.95 Å². The molecule has 0 N–H and O–H groups in total. The third kappa shape index (κ3) is 3.08. The van der Waals surface area contributed by atoms with Gasteiger partial charge >= 0.3 is 0 Å². The highest BCUT2D eigenvalue weighted by atomic mass is 16.2. The Bertz CT molecular complexity index is 951. The fraction of sp³-hybridized carbons (Fsp3) is 0.316. The van der Waals surface area contributed by atoms with Gasteiger partial charge < -0.3 is 9.80 Å². The minimum absolute atomic E-state index is 0.0283. The molecule has 26 heavy (non-hydrogen) atoms. The molecule has 0 unspecified atom stereocenters. The van der Waals surface area contributed by atoms with Crippen LogP contribution in [-0.2, 0) is 0 Å². The Kier molecular flexibility index (Phi) is 4.20. The number of anilines is 1. The highest BCUT2D eigenvalue weighted by molar-refractivity contribution is 5.97. The van der Waals surface area contributed by atoms with Crippen molar-refractivity contribution in [1.29, 1.82) is 0 Å². The molecule has 0 atom stereocenters. The van der Waals surface area contributed by atoms with Crippen LogP contribution in [0.2, 0.25) is 0 Å². The fourth-order valence-corrected chi connectivity index (χ4v) is 3.11. The van der Waals surface area contributed by atoms with Crippen molar-refractivity contribution in [3.8, 4) is 0 Å². The molecule has 1 saturated heterocycles. The Morgan fingerprint density at radius 3 is 2.27 bits per heavy atom. The molecular weight excluding hydrogens is 328 g/mol. The minimum atomic E-state index is 0.0283. The number of fused-ring (bicyclic) bond motifs is 1. The first-order valence-corrected chi connectivity index (χ1v) is 8.68. The van der Waals surface area contributed by atoms with Gasteiger partial charge in [0.1, 0.15) is 0 Å². The van der Waals surface area contributed by atoms with E-state index in [1.54, 1.807) is 18.5 Å². The van der Waals surface area contributed by atoms with Gasteiger partial charge in [0.25, 0.3) is 5.91 Å². The summed E-state index contributed by atoms with van der Waals surface area (Å²) in [4.78, 5) is 34.5. The lowest BCUT2D eigenvalue weighted by atomic mass is 10.1. The molecule has 1 aliphatic heterocycles. The average molecular weight is 348 g/mol. The molecule has 0 aliphatic carbocycles. The molecule has 1 amide bonds. The first-order chi connectivity index (χ1) is 12.6. The van der Waals surface area contributed by atoms with Crippen molar-refractivity contribution >= 4 is 22.9 Å². The summed E-state index contributed by atoms with van der Waals surface area (Å²) in [5.74, 6) is 0.743. The van der Waals surface area contributed by atoms with Crippen molar-refractivity contribution in [3.05, 3.63) is 53.6 Å². The maximum atomic E-state index is 12.9. The highest BCUT2D eigenvalue weighted by Crippen LogP contribution is 2.17. The topological polar surface area (TPSA) is 75.1 Å². The van der Waals surface area contributed by atoms with Crippen LogP contribution in [0.5, 0.6) is 0 Å². The number of nitrogens with zero attached hydrogens (tertiary/aromatic N) is 6. The standard InChI is InChI=1S/C19H20N6O/c1-13-14(2)23-17-12-15(4-5-16(17)22-13)18(26)24-8-10-25(11-9-24)19-20-6-3-7-21-19/h3-7,12H,8-11H2,1-2H3. The lowest BCUT2D eigenvalue weighted by Gasteiger charge is -2.34. The number of aryl methyl sites for hydroxylation is 2. The molecule has 3 heterocycles. The summed E-state index contributed by atoms with van der Waals surface area (Å²) >= 11 is 0. The molecule has 0 radical (unpaired) electrons. The van der Waals surface area contributed by atoms with Crippen molar-refractivity contribution in [2.75, 3.05) is 31.1 Å². The molecule has 1 aromatic carbocycles. The quantitative estimate of drug-likeness (QED) is 0.705. The minimum Gasteiger partial charge on any atom is -0.337 e. The van der Waals surface area contributed by atoms with Crippen molar-refractivity contribution < 1.29 is 4.79 Å². The lowest BCUT2D eigenvalue weighted by molar-refractivity contribution is 0.0746. The molecule has 7 heteroatoms. The summed E-state index contributed by atoms with van der Waals surface area (Å²) in [6, 6.07) is 7.34. The van der Waals surface area contributed by atoms with Crippen molar-refractivity contribution in [2.45, 2.75) is 13.8 Å². The monoisotopic (exact) mass is 348 g/mol. The average Bonchev–Trinajstić information content (AvgIpc) is 2.69. The van der Waals surface area contributed by atoms with Crippen molar-refractivity contribution in [1.82, 2.24) is 24.8 Å². The van der Waals surface area contributed by atoms with Gasteiger partial charge in [-0.15, -0.1) is 0 Å². The number of carbonyl (C=O) groups is 1. The molecule has 1 aliphatic rings. The number of benzene rings is 1. The number of rotatable bonds is 2. The zero-order valence-corrected chi connectivity index (χ0v) is 14.9. The molecule has 3 aromatic rings. The SMILES string of the molecule is Cc1nc2ccc(C(=O)N3CCN(c4ncccn4)CC3)cc2nc1C. The van der Waals surface area contributed by atoms with E-state index >= 15 is 0 Å². The van der Waals surface area contributed by atoms with Gasteiger partial charge in [0.15, 0.2) is 0 Å². The molecule has 0 bridgehead atoms. The largest absolute Gasteiger partial charge is 0.337 e. The third-order valence-corrected chi connectivity index (χ3v) is 4.72. The Morgan fingerprint density at radius 1 is 0.923 bits per heavy atom. The van der Waals surface area contributed by atoms with E-state index in [-0.39, 0.29) is 5.91 Å². The molecular formula is C19H20N6O. The molecule has 2 aromatic heterocycles. The van der Waals surface area contributed by atoms with Crippen LogP contribution in [-0.4, -0.2) is 56.9 Å². The molecule has 4 rings (SSSR count). The van der Waals surface area contributed by atoms with Gasteiger partial charge in [-0.05, 0) is 38.1 Å². The zero-order valence-electron chi connectivity index (χ0n) is 14.9. The summed E-state index contributed by atoms with van der Waals surface area (Å²) in [7, 11) is 0. The Hall–Kier alpha value is -3.09. The fourth-order valence-electron chi connectivity index (χ4n) is 3.11. The normalized spacial score (nSPS) is 14.7. The summed E-state index contributed by atoms with van der Waals surface area (Å²) in [5, 5.41) is 0. The van der Waals surface area contributed by atoms with Gasteiger partial charge in [0, 0.05) is 44.1 Å². The van der Waals surface area contributed by atoms with E-state index in [2.05, 4.69) is 24.8 Å². The highest BCUT2D eigenvalue weighted by Gasteiger charge is 2.23. The molecule has 7 nitrogen and oxygen atoms in total. The number of hydrogen-bond donors (Lipinski definition) is 0. The summed E-state index contributed by atoms with van der Waals surface area (Å²) in [6.45, 7) is 6.61. The summed E-state index contributed by atoms with van der Waals surface area (Å²) in [6.07, 6.45) is 3.47. The molecule has 0 saturated carbocycles. The Labute approximate surface area is 151 Å². The van der Waals surface area contributed by atoms with Crippen LogP contribution in [0.25, 0.3) is 11.0 Å². The van der Waals surface area contributed by atoms with Crippen molar-refractivity contribution in [3.63, 3.8) is 0 Å². The predicted octanol–water partition coefficient (Wildman–Crippen LogP) is 2.00. The van der Waals surface area contributed by atoms with Crippen LogP contribution in [0.1, 0.15) is 21.7 Å². The Balaban J connectivity index is 1.50. The van der Waals surface area contributed by atoms with Crippen LogP contribution in [0.15, 0.2) is 36.7 Å². The van der Waals surface area contributed by atoms with E-state index in [0.717, 1.165) is 35.5 Å². The second-order valence-electron chi connectivity index (χ2n) is 6.43. The molecule has 132 valence electrons. The number of amides is 1. The van der Waals surface area contributed by atoms with Crippen LogP contribution in [0.3, 0.4) is 0 Å². The second kappa shape index (κ2) is 6.67. The number of hydrogen-bond acceptors (Lipinski definition) is 6. The summed E-state index contributed by atoms with van der Waals surface area (Å²) < 4.78 is 0. The smallest absolute Gasteiger partial charge is 0.254 e. The number of carbonyl (C=O) groups excluding carboxylic acids is 1. The van der Waals surface area contributed by atoms with E-state index in [0.29, 0.717) is 24.6 Å². The molecule has 1 fully saturated rings. The first kappa shape index (κ1) is 16.4. The van der Waals surface area contributed by atoms with Crippen LogP contribution in [0, 0.1) is 13.8 Å². The summed E-state index contributed by atoms with van der Waals surface area (Å²) in [5.41, 5.74) is 4.03. The van der Waals surface area contributed by atoms with Gasteiger partial charge in [0.2, 0.25) is 5.95 Å². The zero-order chi connectivity index (χ0) is 18.1. The van der Waals surface area contributed by atoms with E-state index < -0.39 is 0 Å². The van der Waals surface area contributed by atoms with E-state index in [1.165, 1.54) is 0 Å². The third-order valence-electron chi connectivity index (χ3n) is 4.72. The lowest BCUT2D eigenvalue weighted by Crippen LogP contribution is -2.49. The molecule has 0 spiro atoms. The maximum Gasteiger partial charge on any atom is 0.254 e. The number of piperazine rings is 1. The second-order valence-corrected chi connectivity index (χ2v) is 6.43. The van der Waals surface area contributed by atoms with E-state index in [4.69, 9.17) is 0 Å². The van der Waals surface area contributed by atoms with Gasteiger partial charge in [0.05, 0.1) is 22.4 Å². The van der Waals surface area contributed by atoms with Crippen LogP contribution < -0.4 is 4.90 Å². The van der Waals surface area contributed by atoms with Crippen molar-refractivity contribution in [2.24, 2.45) is 0 Å². The predicted molar refractivity (Wildman–Crippen MR) is 99.2 cm³/mol. The number of aromatic nitrogens is 4. The maximum absolute atomic E-state index is 12.9. The first-order valence-electron chi connectivity index (χ1n) is 8.68. The van der Waals surface area contributed by atoms with Gasteiger partial charge in [-0.1, -0.05) is 0 Å². The van der Waals surface area contributed by atoms with E-state index in [1.807, 2.05) is 36.9 Å². The van der Waals surface area contributed by atoms with E-state index in [9.17, 15) is 4.79 Å². The van der Waals surface area contributed by atoms with Gasteiger partial charge in [-0.2, -0.15) is 0 Å². The Morgan fingerprint density at radius 2 is 1.58 bits per heavy atom. The van der Waals surface area contributed by atoms with Gasteiger partial charge in [-0.25, -0.2) is 19.9 Å².